The van der Waals surface area contributed by atoms with Crippen molar-refractivity contribution < 1.29 is 9.84 Å². The summed E-state index contributed by atoms with van der Waals surface area (Å²) in [6.45, 7) is 8.46. The normalized spacial score (nSPS) is 38.1. The highest BCUT2D eigenvalue weighted by molar-refractivity contribution is 4.95. The van der Waals surface area contributed by atoms with Gasteiger partial charge in [0.05, 0.1) is 18.8 Å². The standard InChI is InChI=1S/C15H28N2O2/c18-15-4-2-1-3-14(15)13-17(6-5-15)8-7-16-9-11-19-12-10-16/h14,18H,1-13H2. The van der Waals surface area contributed by atoms with E-state index < -0.39 is 0 Å². The Hall–Kier alpha value is -0.160. The van der Waals surface area contributed by atoms with Crippen LogP contribution in [0, 0.1) is 5.92 Å². The molecule has 0 aromatic rings. The fourth-order valence-corrected chi connectivity index (χ4v) is 3.95. The lowest BCUT2D eigenvalue weighted by Gasteiger charge is -2.47. The molecule has 1 saturated carbocycles. The van der Waals surface area contributed by atoms with Gasteiger partial charge < -0.3 is 14.7 Å². The maximum atomic E-state index is 10.7. The molecule has 3 fully saturated rings. The Kier molecular flexibility index (Phi) is 4.42. The number of piperidine rings is 1. The molecule has 110 valence electrons. The SMILES string of the molecule is OC12CCCCC1CN(CCN1CCOCC1)CC2. The molecule has 2 unspecified atom stereocenters. The number of hydrogen-bond acceptors (Lipinski definition) is 4. The first-order valence-corrected chi connectivity index (χ1v) is 8.01. The predicted molar refractivity (Wildman–Crippen MR) is 75.2 cm³/mol. The first-order chi connectivity index (χ1) is 9.26. The third-order valence-corrected chi connectivity index (χ3v) is 5.35. The van der Waals surface area contributed by atoms with Crippen molar-refractivity contribution >= 4 is 0 Å². The van der Waals surface area contributed by atoms with Gasteiger partial charge >= 0.3 is 0 Å². The smallest absolute Gasteiger partial charge is 0.0700 e. The van der Waals surface area contributed by atoms with Gasteiger partial charge in [0.1, 0.15) is 0 Å². The molecule has 0 radical (unpaired) electrons. The van der Waals surface area contributed by atoms with Gasteiger partial charge in [-0.1, -0.05) is 12.8 Å². The van der Waals surface area contributed by atoms with Gasteiger partial charge in [-0.15, -0.1) is 0 Å². The quantitative estimate of drug-likeness (QED) is 0.826. The second-order valence-corrected chi connectivity index (χ2v) is 6.55. The Balaban J connectivity index is 1.45. The van der Waals surface area contributed by atoms with Crippen LogP contribution in [-0.4, -0.2) is 73.0 Å². The van der Waals surface area contributed by atoms with Gasteiger partial charge in [-0.2, -0.15) is 0 Å². The molecule has 2 heterocycles. The first kappa shape index (κ1) is 13.8. The first-order valence-electron chi connectivity index (χ1n) is 8.01. The van der Waals surface area contributed by atoms with Crippen molar-refractivity contribution in [3.05, 3.63) is 0 Å². The summed E-state index contributed by atoms with van der Waals surface area (Å²) in [4.78, 5) is 5.07. The average Bonchev–Trinajstić information content (AvgIpc) is 2.46. The van der Waals surface area contributed by atoms with E-state index in [-0.39, 0.29) is 5.60 Å². The van der Waals surface area contributed by atoms with Crippen LogP contribution in [0.15, 0.2) is 0 Å². The third-order valence-electron chi connectivity index (χ3n) is 5.35. The van der Waals surface area contributed by atoms with Gasteiger partial charge in [0, 0.05) is 45.2 Å². The molecule has 1 N–H and O–H groups in total. The number of ether oxygens (including phenoxy) is 1. The molecule has 19 heavy (non-hydrogen) atoms. The van der Waals surface area contributed by atoms with Crippen molar-refractivity contribution in [2.24, 2.45) is 5.92 Å². The van der Waals surface area contributed by atoms with E-state index in [1.54, 1.807) is 0 Å². The summed E-state index contributed by atoms with van der Waals surface area (Å²) in [5.74, 6) is 0.527. The molecule has 0 amide bonds. The summed E-state index contributed by atoms with van der Waals surface area (Å²) in [6, 6.07) is 0. The minimum atomic E-state index is -0.326. The van der Waals surface area contributed by atoms with Crippen LogP contribution >= 0.6 is 0 Å². The largest absolute Gasteiger partial charge is 0.390 e. The van der Waals surface area contributed by atoms with Gasteiger partial charge in [0.2, 0.25) is 0 Å². The molecule has 0 bridgehead atoms. The van der Waals surface area contributed by atoms with Gasteiger partial charge in [-0.25, -0.2) is 0 Å². The predicted octanol–water partition coefficient (Wildman–Crippen LogP) is 0.946. The molecule has 0 spiro atoms. The minimum Gasteiger partial charge on any atom is -0.390 e. The van der Waals surface area contributed by atoms with Crippen molar-refractivity contribution in [3.63, 3.8) is 0 Å². The van der Waals surface area contributed by atoms with E-state index in [4.69, 9.17) is 4.74 Å². The maximum absolute atomic E-state index is 10.7. The minimum absolute atomic E-state index is 0.326. The lowest BCUT2D eigenvalue weighted by molar-refractivity contribution is -0.0965. The summed E-state index contributed by atoms with van der Waals surface area (Å²) in [5.41, 5.74) is -0.326. The van der Waals surface area contributed by atoms with Crippen molar-refractivity contribution in [1.29, 1.82) is 0 Å². The second-order valence-electron chi connectivity index (χ2n) is 6.55. The third kappa shape index (κ3) is 3.30. The summed E-state index contributed by atoms with van der Waals surface area (Å²) < 4.78 is 5.39. The number of rotatable bonds is 3. The number of fused-ring (bicyclic) bond motifs is 1. The number of likely N-dealkylation sites (tertiary alicyclic amines) is 1. The van der Waals surface area contributed by atoms with Crippen molar-refractivity contribution in [3.8, 4) is 0 Å². The zero-order valence-electron chi connectivity index (χ0n) is 12.0. The molecule has 2 aliphatic heterocycles. The molecule has 2 saturated heterocycles. The lowest BCUT2D eigenvalue weighted by atomic mass is 9.71. The molecule has 4 heteroatoms. The van der Waals surface area contributed by atoms with Gasteiger partial charge in [0.25, 0.3) is 0 Å². The van der Waals surface area contributed by atoms with Crippen LogP contribution < -0.4 is 0 Å². The van der Waals surface area contributed by atoms with Crippen LogP contribution in [-0.2, 0) is 4.74 Å². The Morgan fingerprint density at radius 1 is 1.00 bits per heavy atom. The fraction of sp³-hybridized carbons (Fsp3) is 1.00. The molecule has 4 nitrogen and oxygen atoms in total. The zero-order valence-corrected chi connectivity index (χ0v) is 12.0. The van der Waals surface area contributed by atoms with E-state index in [9.17, 15) is 5.11 Å². The molecule has 3 aliphatic rings. The highest BCUT2D eigenvalue weighted by Crippen LogP contribution is 2.39. The number of nitrogens with zero attached hydrogens (tertiary/aromatic N) is 2. The molecule has 0 aromatic heterocycles. The van der Waals surface area contributed by atoms with Crippen LogP contribution in [0.25, 0.3) is 0 Å². The van der Waals surface area contributed by atoms with Crippen LogP contribution in [0.5, 0.6) is 0 Å². The number of hydrogen-bond donors (Lipinski definition) is 1. The topological polar surface area (TPSA) is 35.9 Å². The zero-order chi connectivity index (χ0) is 13.1. The van der Waals surface area contributed by atoms with Crippen LogP contribution in [0.2, 0.25) is 0 Å². The highest BCUT2D eigenvalue weighted by atomic mass is 16.5. The molecule has 3 rings (SSSR count). The Morgan fingerprint density at radius 3 is 2.63 bits per heavy atom. The lowest BCUT2D eigenvalue weighted by Crippen LogP contribution is -2.54. The molecular weight excluding hydrogens is 240 g/mol. The van der Waals surface area contributed by atoms with Crippen LogP contribution in [0.4, 0.5) is 0 Å². The van der Waals surface area contributed by atoms with E-state index in [0.29, 0.717) is 5.92 Å². The number of aliphatic hydroxyl groups is 1. The van der Waals surface area contributed by atoms with Crippen molar-refractivity contribution in [2.45, 2.75) is 37.7 Å². The van der Waals surface area contributed by atoms with Crippen molar-refractivity contribution in [2.75, 3.05) is 52.5 Å². The van der Waals surface area contributed by atoms with E-state index in [0.717, 1.165) is 65.3 Å². The van der Waals surface area contributed by atoms with E-state index in [2.05, 4.69) is 9.80 Å². The summed E-state index contributed by atoms with van der Waals surface area (Å²) in [6.07, 6.45) is 5.78. The molecule has 2 atom stereocenters. The molecule has 0 aromatic carbocycles. The Labute approximate surface area is 116 Å². The van der Waals surface area contributed by atoms with E-state index in [1.807, 2.05) is 0 Å². The maximum Gasteiger partial charge on any atom is 0.0700 e. The highest BCUT2D eigenvalue weighted by Gasteiger charge is 2.42. The second kappa shape index (κ2) is 6.08. The van der Waals surface area contributed by atoms with Crippen molar-refractivity contribution in [1.82, 2.24) is 9.80 Å². The van der Waals surface area contributed by atoms with Gasteiger partial charge in [-0.3, -0.25) is 4.90 Å². The molecular formula is C15H28N2O2. The number of morpholine rings is 1. The van der Waals surface area contributed by atoms with Crippen LogP contribution in [0.3, 0.4) is 0 Å². The Morgan fingerprint density at radius 2 is 1.79 bits per heavy atom. The van der Waals surface area contributed by atoms with Crippen LogP contribution in [0.1, 0.15) is 32.1 Å². The average molecular weight is 268 g/mol. The monoisotopic (exact) mass is 268 g/mol. The fourth-order valence-electron chi connectivity index (χ4n) is 3.95. The summed E-state index contributed by atoms with van der Waals surface area (Å²) in [5, 5.41) is 10.7. The Bertz CT molecular complexity index is 294. The summed E-state index contributed by atoms with van der Waals surface area (Å²) >= 11 is 0. The van der Waals surface area contributed by atoms with Gasteiger partial charge in [0.15, 0.2) is 0 Å². The van der Waals surface area contributed by atoms with E-state index >= 15 is 0 Å². The van der Waals surface area contributed by atoms with E-state index in [1.165, 1.54) is 19.3 Å². The van der Waals surface area contributed by atoms with Gasteiger partial charge in [-0.05, 0) is 19.3 Å². The molecule has 1 aliphatic carbocycles. The summed E-state index contributed by atoms with van der Waals surface area (Å²) in [7, 11) is 0.